The molecule has 3 unspecified atom stereocenters. The fourth-order valence-corrected chi connectivity index (χ4v) is 6.78. The smallest absolute Gasteiger partial charge is 0.259 e. The van der Waals surface area contributed by atoms with Gasteiger partial charge in [0.2, 0.25) is 5.91 Å². The quantitative estimate of drug-likeness (QED) is 0.394. The minimum Gasteiger partial charge on any atom is -0.356 e. The summed E-state index contributed by atoms with van der Waals surface area (Å²) in [7, 11) is -1.05. The molecule has 2 aromatic heterocycles. The van der Waals surface area contributed by atoms with E-state index in [1.165, 1.54) is 25.0 Å². The molecule has 11 nitrogen and oxygen atoms in total. The summed E-state index contributed by atoms with van der Waals surface area (Å²) in [5, 5.41) is 11.3. The van der Waals surface area contributed by atoms with Crippen LogP contribution in [-0.4, -0.2) is 53.3 Å². The molecule has 5 rings (SSSR count). The number of ketones is 1. The van der Waals surface area contributed by atoms with E-state index in [1.54, 1.807) is 0 Å². The van der Waals surface area contributed by atoms with E-state index in [4.69, 9.17) is 4.74 Å². The molecular weight excluding hydrogens is 532 g/mol. The largest absolute Gasteiger partial charge is 0.356 e. The van der Waals surface area contributed by atoms with Crippen molar-refractivity contribution in [2.24, 2.45) is 18.9 Å². The molecule has 2 N–H and O–H groups in total. The molecule has 0 radical (unpaired) electrons. The van der Waals surface area contributed by atoms with Crippen LogP contribution in [0.15, 0.2) is 41.6 Å². The topological polar surface area (TPSA) is 137 Å². The van der Waals surface area contributed by atoms with Crippen molar-refractivity contribution >= 4 is 27.4 Å². The summed E-state index contributed by atoms with van der Waals surface area (Å²) >= 11 is 0. The van der Waals surface area contributed by atoms with Crippen molar-refractivity contribution in [3.8, 4) is 11.3 Å². The third-order valence-electron chi connectivity index (χ3n) is 7.86. The van der Waals surface area contributed by atoms with Crippen molar-refractivity contribution in [1.29, 1.82) is 0 Å². The van der Waals surface area contributed by atoms with Crippen LogP contribution in [0.25, 0.3) is 11.3 Å². The highest BCUT2D eigenvalue weighted by Gasteiger charge is 2.37. The predicted octanol–water partition coefficient (Wildman–Crippen LogP) is 3.83. The standard InChI is InChI=1S/C28H36N6O5S/c1-18-16-24(34(32-18)25-10-6-7-15-39-25)19-11-13-20(14-12-19)26(35)21-8-4-5-9-22(21)27(36)31-23-17-30-33(3)28(23)40(37,38)29-2/h11-14,16-17,21-22,25,29H,4-10,15H2,1-3H3,(H,31,36). The van der Waals surface area contributed by atoms with Crippen LogP contribution in [0.5, 0.6) is 0 Å². The number of ether oxygens (including phenoxy) is 1. The molecule has 3 aromatic rings. The van der Waals surface area contributed by atoms with Crippen molar-refractivity contribution in [2.45, 2.75) is 63.1 Å². The Labute approximate surface area is 234 Å². The van der Waals surface area contributed by atoms with E-state index in [9.17, 15) is 18.0 Å². The maximum atomic E-state index is 13.7. The second kappa shape index (κ2) is 11.6. The van der Waals surface area contributed by atoms with Gasteiger partial charge in [0.25, 0.3) is 10.0 Å². The van der Waals surface area contributed by atoms with Crippen LogP contribution in [0, 0.1) is 18.8 Å². The Morgan fingerprint density at radius 3 is 2.40 bits per heavy atom. The minimum atomic E-state index is -3.85. The number of rotatable bonds is 8. The number of carbonyl (C=O) groups excluding carboxylic acids is 2. The van der Waals surface area contributed by atoms with Crippen molar-refractivity contribution in [3.05, 3.63) is 47.8 Å². The number of hydrogen-bond acceptors (Lipinski definition) is 7. The fourth-order valence-electron chi connectivity index (χ4n) is 5.80. The Morgan fingerprint density at radius 2 is 1.73 bits per heavy atom. The highest BCUT2D eigenvalue weighted by atomic mass is 32.2. The molecule has 2 fully saturated rings. The van der Waals surface area contributed by atoms with Gasteiger partial charge in [-0.05, 0) is 57.7 Å². The maximum Gasteiger partial charge on any atom is 0.259 e. The van der Waals surface area contributed by atoms with Gasteiger partial charge in [-0.25, -0.2) is 17.8 Å². The van der Waals surface area contributed by atoms with E-state index in [-0.39, 0.29) is 28.6 Å². The number of aromatic nitrogens is 4. The molecule has 1 aliphatic carbocycles. The monoisotopic (exact) mass is 568 g/mol. The second-order valence-electron chi connectivity index (χ2n) is 10.6. The van der Waals surface area contributed by atoms with Crippen LogP contribution in [0.1, 0.15) is 67.2 Å². The zero-order valence-corrected chi connectivity index (χ0v) is 23.9. The first kappa shape index (κ1) is 28.2. The number of nitrogens with zero attached hydrogens (tertiary/aromatic N) is 4. The van der Waals surface area contributed by atoms with Crippen molar-refractivity contribution in [3.63, 3.8) is 0 Å². The van der Waals surface area contributed by atoms with Crippen LogP contribution in [0.4, 0.5) is 5.69 Å². The Bertz CT molecular complexity index is 1490. The van der Waals surface area contributed by atoms with Crippen molar-refractivity contribution < 1.29 is 22.7 Å². The molecule has 0 bridgehead atoms. The van der Waals surface area contributed by atoms with Crippen LogP contribution in [0.2, 0.25) is 0 Å². The number of sulfonamides is 1. The van der Waals surface area contributed by atoms with E-state index in [1.807, 2.05) is 41.9 Å². The van der Waals surface area contributed by atoms with Crippen LogP contribution < -0.4 is 10.0 Å². The third-order valence-corrected chi connectivity index (χ3v) is 9.39. The minimum absolute atomic E-state index is 0.0824. The van der Waals surface area contributed by atoms with E-state index in [0.29, 0.717) is 18.4 Å². The van der Waals surface area contributed by atoms with Crippen LogP contribution >= 0.6 is 0 Å². The molecule has 0 spiro atoms. The van der Waals surface area contributed by atoms with Gasteiger partial charge < -0.3 is 10.1 Å². The summed E-state index contributed by atoms with van der Waals surface area (Å²) in [6, 6.07) is 9.50. The molecule has 3 atom stereocenters. The zero-order valence-electron chi connectivity index (χ0n) is 23.1. The molecular formula is C28H36N6O5S. The lowest BCUT2D eigenvalue weighted by Gasteiger charge is -2.29. The maximum absolute atomic E-state index is 13.7. The molecule has 1 saturated carbocycles. The summed E-state index contributed by atoms with van der Waals surface area (Å²) in [5.74, 6) is -1.52. The number of amides is 1. The summed E-state index contributed by atoms with van der Waals surface area (Å²) in [6.45, 7) is 2.68. The fraction of sp³-hybridized carbons (Fsp3) is 0.500. The van der Waals surface area contributed by atoms with Crippen LogP contribution in [-0.2, 0) is 26.6 Å². The Kier molecular flexibility index (Phi) is 8.20. The molecule has 1 aromatic carbocycles. The van der Waals surface area contributed by atoms with Gasteiger partial charge in [-0.15, -0.1) is 0 Å². The summed E-state index contributed by atoms with van der Waals surface area (Å²) in [4.78, 5) is 27.1. The van der Waals surface area contributed by atoms with Gasteiger partial charge >= 0.3 is 0 Å². The van der Waals surface area contributed by atoms with Gasteiger partial charge in [-0.2, -0.15) is 10.2 Å². The van der Waals surface area contributed by atoms with E-state index in [0.717, 1.165) is 55.7 Å². The van der Waals surface area contributed by atoms with E-state index in [2.05, 4.69) is 20.2 Å². The first-order chi connectivity index (χ1) is 19.2. The van der Waals surface area contributed by atoms with Gasteiger partial charge in [0.1, 0.15) is 0 Å². The molecule has 2 aliphatic rings. The molecule has 1 amide bonds. The van der Waals surface area contributed by atoms with Crippen LogP contribution in [0.3, 0.4) is 0 Å². The lowest BCUT2D eigenvalue weighted by Crippen LogP contribution is -2.36. The normalized spacial score (nSPS) is 21.7. The number of carbonyl (C=O) groups is 2. The summed E-state index contributed by atoms with van der Waals surface area (Å²) in [5.41, 5.74) is 3.43. The van der Waals surface area contributed by atoms with Crippen molar-refractivity contribution in [2.75, 3.05) is 19.0 Å². The summed E-state index contributed by atoms with van der Waals surface area (Å²) < 4.78 is 36.3. The van der Waals surface area contributed by atoms with Gasteiger partial charge in [0, 0.05) is 31.1 Å². The number of Topliss-reactive ketones (excluding diaryl/α,β-unsaturated/α-hetero) is 1. The first-order valence-corrected chi connectivity index (χ1v) is 15.3. The van der Waals surface area contributed by atoms with Crippen molar-refractivity contribution in [1.82, 2.24) is 24.3 Å². The molecule has 3 heterocycles. The highest BCUT2D eigenvalue weighted by Crippen LogP contribution is 2.35. The Balaban J connectivity index is 1.34. The van der Waals surface area contributed by atoms with Gasteiger partial charge in [0.15, 0.2) is 17.0 Å². The number of benzene rings is 1. The molecule has 12 heteroatoms. The number of hydrogen-bond donors (Lipinski definition) is 2. The highest BCUT2D eigenvalue weighted by molar-refractivity contribution is 7.89. The molecule has 1 aliphatic heterocycles. The Hall–Kier alpha value is -3.35. The third kappa shape index (κ3) is 5.61. The number of anilines is 1. The predicted molar refractivity (Wildman–Crippen MR) is 149 cm³/mol. The average Bonchev–Trinajstić information content (AvgIpc) is 3.55. The molecule has 214 valence electrons. The van der Waals surface area contributed by atoms with E-state index < -0.39 is 21.9 Å². The molecule has 1 saturated heterocycles. The number of aryl methyl sites for hydroxylation is 2. The SMILES string of the molecule is CNS(=O)(=O)c1c(NC(=O)C2CCCCC2C(=O)c2ccc(-c3cc(C)nn3C3CCCCO3)cc2)cnn1C. The second-order valence-corrected chi connectivity index (χ2v) is 12.4. The molecule has 40 heavy (non-hydrogen) atoms. The Morgan fingerprint density at radius 1 is 1.02 bits per heavy atom. The lowest BCUT2D eigenvalue weighted by atomic mass is 9.75. The first-order valence-electron chi connectivity index (χ1n) is 13.8. The van der Waals surface area contributed by atoms with Gasteiger partial charge in [0.05, 0.1) is 23.3 Å². The zero-order chi connectivity index (χ0) is 28.4. The number of nitrogens with one attached hydrogen (secondary N) is 2. The summed E-state index contributed by atoms with van der Waals surface area (Å²) in [6.07, 6.45) is 7.10. The van der Waals surface area contributed by atoms with E-state index >= 15 is 0 Å². The van der Waals surface area contributed by atoms with Gasteiger partial charge in [-0.3, -0.25) is 14.3 Å². The van der Waals surface area contributed by atoms with Gasteiger partial charge in [-0.1, -0.05) is 37.1 Å². The lowest BCUT2D eigenvalue weighted by molar-refractivity contribution is -0.122. The average molecular weight is 569 g/mol.